The Bertz CT molecular complexity index is 797. The summed E-state index contributed by atoms with van der Waals surface area (Å²) in [7, 11) is -3.08. The van der Waals surface area contributed by atoms with Gasteiger partial charge >= 0.3 is 11.9 Å². The van der Waals surface area contributed by atoms with Gasteiger partial charge in [-0.1, -0.05) is 0 Å². The third-order valence-electron chi connectivity index (χ3n) is 2.52. The number of anilines is 1. The van der Waals surface area contributed by atoms with E-state index in [1.807, 2.05) is 0 Å². The number of carbonyl (C=O) groups excluding carboxylic acids is 2. The van der Waals surface area contributed by atoms with Crippen molar-refractivity contribution in [1.29, 1.82) is 5.26 Å². The lowest BCUT2D eigenvalue weighted by Crippen LogP contribution is -2.17. The number of nitrogens with zero attached hydrogens (tertiary/aromatic N) is 2. The van der Waals surface area contributed by atoms with Crippen molar-refractivity contribution < 1.29 is 27.5 Å². The number of benzene rings is 1. The van der Waals surface area contributed by atoms with Crippen molar-refractivity contribution in [2.24, 2.45) is 10.2 Å². The van der Waals surface area contributed by atoms with Crippen LogP contribution in [0.15, 0.2) is 28.2 Å². The average Bonchev–Trinajstić information content (AvgIpc) is 2.53. The summed E-state index contributed by atoms with van der Waals surface area (Å²) in [6.45, 7) is -0.0647. The van der Waals surface area contributed by atoms with Gasteiger partial charge in [-0.25, -0.2) is 23.1 Å². The minimum atomic E-state index is -4.18. The zero-order chi connectivity index (χ0) is 18.2. The van der Waals surface area contributed by atoms with E-state index in [1.54, 1.807) is 6.07 Å². The summed E-state index contributed by atoms with van der Waals surface area (Å²) in [6, 6.07) is 5.41. The number of nitriles is 1. The number of rotatable bonds is 7. The van der Waals surface area contributed by atoms with E-state index in [4.69, 9.17) is 10.4 Å². The van der Waals surface area contributed by atoms with E-state index in [0.717, 1.165) is 19.4 Å². The Hall–Kier alpha value is -2.97. The van der Waals surface area contributed by atoms with Gasteiger partial charge in [-0.05, 0) is 18.2 Å². The number of methoxy groups -OCH3 is 1. The molecule has 0 aromatic heterocycles. The van der Waals surface area contributed by atoms with Crippen molar-refractivity contribution in [3.8, 4) is 6.07 Å². The van der Waals surface area contributed by atoms with Gasteiger partial charge in [-0.2, -0.15) is 10.4 Å². The number of ether oxygens (including phenoxy) is 2. The molecule has 0 saturated carbocycles. The van der Waals surface area contributed by atoms with Crippen LogP contribution in [0.4, 0.5) is 5.69 Å². The average molecular weight is 354 g/mol. The summed E-state index contributed by atoms with van der Waals surface area (Å²) < 4.78 is 32.2. The van der Waals surface area contributed by atoms with E-state index in [2.05, 4.69) is 20.0 Å². The molecule has 0 aliphatic heterocycles. The smallest absolute Gasteiger partial charge is 0.351 e. The Labute approximate surface area is 137 Å². The lowest BCUT2D eigenvalue weighted by atomic mass is 10.2. The maximum Gasteiger partial charge on any atom is 0.351 e. The summed E-state index contributed by atoms with van der Waals surface area (Å²) in [5, 5.41) is 16.9. The molecule has 3 N–H and O–H groups in total. The number of nitrogens with two attached hydrogens (primary N) is 1. The van der Waals surface area contributed by atoms with Crippen LogP contribution in [0.1, 0.15) is 16.8 Å². The molecule has 0 bridgehead atoms. The van der Waals surface area contributed by atoms with Crippen molar-refractivity contribution in [1.82, 2.24) is 0 Å². The normalized spacial score (nSPS) is 10.9. The molecule has 11 heteroatoms. The molecular formula is C13H14N4O6S. The summed E-state index contributed by atoms with van der Waals surface area (Å²) in [6.07, 6.45) is 0.863. The number of hydrogen-bond donors (Lipinski definition) is 2. The highest BCUT2D eigenvalue weighted by molar-refractivity contribution is 7.89. The first-order valence-corrected chi connectivity index (χ1v) is 7.92. The first-order valence-electron chi connectivity index (χ1n) is 6.37. The van der Waals surface area contributed by atoms with E-state index in [0.29, 0.717) is 0 Å². The predicted octanol–water partition coefficient (Wildman–Crippen LogP) is -0.0248. The molecule has 0 unspecified atom stereocenters. The Balaban J connectivity index is 2.90. The van der Waals surface area contributed by atoms with E-state index in [-0.39, 0.29) is 24.3 Å². The SMILES string of the molecule is COC(=O)c1ccc(NN=CC(=O)OCCC#N)cc1S(N)(=O)=O. The molecule has 128 valence electrons. The maximum atomic E-state index is 11.6. The molecule has 0 radical (unpaired) electrons. The molecule has 0 aliphatic carbocycles. The summed E-state index contributed by atoms with van der Waals surface area (Å²) in [5.74, 6) is -1.65. The van der Waals surface area contributed by atoms with Gasteiger partial charge in [-0.15, -0.1) is 0 Å². The van der Waals surface area contributed by atoms with Gasteiger partial charge < -0.3 is 9.47 Å². The van der Waals surface area contributed by atoms with E-state index >= 15 is 0 Å². The molecule has 0 amide bonds. The minimum Gasteiger partial charge on any atom is -0.465 e. The van der Waals surface area contributed by atoms with Gasteiger partial charge in [0.2, 0.25) is 10.0 Å². The lowest BCUT2D eigenvalue weighted by molar-refractivity contribution is -0.134. The third kappa shape index (κ3) is 5.67. The minimum absolute atomic E-state index is 0.0553. The van der Waals surface area contributed by atoms with Gasteiger partial charge in [0.15, 0.2) is 0 Å². The molecule has 0 heterocycles. The standard InChI is InChI=1S/C13H14N4O6S/c1-22-13(19)10-4-3-9(7-11(10)24(15,20)21)17-16-8-12(18)23-6-2-5-14/h3-4,7-8,17H,2,6H2,1H3,(H2,15,20,21). The number of primary sulfonamides is 1. The number of carbonyl (C=O) groups is 2. The molecule has 0 fully saturated rings. The monoisotopic (exact) mass is 354 g/mol. The number of sulfonamides is 1. The number of esters is 2. The third-order valence-corrected chi connectivity index (χ3v) is 3.47. The van der Waals surface area contributed by atoms with Crippen LogP contribution < -0.4 is 10.6 Å². The van der Waals surface area contributed by atoms with Crippen LogP contribution in [0.25, 0.3) is 0 Å². The molecule has 1 aromatic carbocycles. The summed E-state index contributed by atoms with van der Waals surface area (Å²) in [4.78, 5) is 22.3. The topological polar surface area (TPSA) is 161 Å². The van der Waals surface area contributed by atoms with Gasteiger partial charge in [0.05, 0.1) is 35.7 Å². The summed E-state index contributed by atoms with van der Waals surface area (Å²) in [5.41, 5.74) is 2.32. The van der Waals surface area contributed by atoms with Crippen LogP contribution >= 0.6 is 0 Å². The second kappa shape index (κ2) is 8.61. The number of hydrogen-bond acceptors (Lipinski definition) is 9. The molecule has 0 aliphatic rings. The van der Waals surface area contributed by atoms with Crippen molar-refractivity contribution in [3.63, 3.8) is 0 Å². The molecule has 1 aromatic rings. The molecule has 10 nitrogen and oxygen atoms in total. The first kappa shape index (κ1) is 19.1. The molecule has 0 atom stereocenters. The van der Waals surface area contributed by atoms with Crippen LogP contribution in [0, 0.1) is 11.3 Å². The predicted molar refractivity (Wildman–Crippen MR) is 82.5 cm³/mol. The van der Waals surface area contributed by atoms with E-state index < -0.39 is 26.9 Å². The quantitative estimate of drug-likeness (QED) is 0.299. The summed E-state index contributed by atoms with van der Waals surface area (Å²) >= 11 is 0. The largest absolute Gasteiger partial charge is 0.465 e. The van der Waals surface area contributed by atoms with Crippen LogP contribution in [0.2, 0.25) is 0 Å². The number of nitrogens with one attached hydrogen (secondary N) is 1. The second-order valence-electron chi connectivity index (χ2n) is 4.19. The van der Waals surface area contributed by atoms with Crippen LogP contribution in [-0.2, 0) is 24.3 Å². The van der Waals surface area contributed by atoms with Gasteiger partial charge in [0.1, 0.15) is 12.8 Å². The Kier molecular flexibility index (Phi) is 6.84. The van der Waals surface area contributed by atoms with Gasteiger partial charge in [0, 0.05) is 0 Å². The number of hydrazone groups is 1. The molecule has 0 saturated heterocycles. The lowest BCUT2D eigenvalue weighted by Gasteiger charge is -2.08. The molecule has 1 rings (SSSR count). The van der Waals surface area contributed by atoms with Crippen LogP contribution in [0.3, 0.4) is 0 Å². The molecular weight excluding hydrogens is 340 g/mol. The Morgan fingerprint density at radius 1 is 1.46 bits per heavy atom. The Morgan fingerprint density at radius 3 is 2.75 bits per heavy atom. The second-order valence-corrected chi connectivity index (χ2v) is 5.72. The zero-order valence-electron chi connectivity index (χ0n) is 12.6. The highest BCUT2D eigenvalue weighted by Gasteiger charge is 2.20. The van der Waals surface area contributed by atoms with Gasteiger partial charge in [0.25, 0.3) is 0 Å². The van der Waals surface area contributed by atoms with Crippen molar-refractivity contribution in [2.45, 2.75) is 11.3 Å². The van der Waals surface area contributed by atoms with Crippen molar-refractivity contribution >= 4 is 33.9 Å². The fourth-order valence-corrected chi connectivity index (χ4v) is 2.25. The van der Waals surface area contributed by atoms with Gasteiger partial charge in [-0.3, -0.25) is 5.43 Å². The fourth-order valence-electron chi connectivity index (χ4n) is 1.50. The molecule has 0 spiro atoms. The van der Waals surface area contributed by atoms with Crippen LogP contribution in [-0.4, -0.2) is 40.3 Å². The maximum absolute atomic E-state index is 11.6. The Morgan fingerprint density at radius 2 is 2.17 bits per heavy atom. The van der Waals surface area contributed by atoms with Crippen molar-refractivity contribution in [2.75, 3.05) is 19.1 Å². The first-order chi connectivity index (χ1) is 11.3. The van der Waals surface area contributed by atoms with Crippen LogP contribution in [0.5, 0.6) is 0 Å². The molecule has 24 heavy (non-hydrogen) atoms. The zero-order valence-corrected chi connectivity index (χ0v) is 13.4. The fraction of sp³-hybridized carbons (Fsp3) is 0.231. The van der Waals surface area contributed by atoms with Crippen molar-refractivity contribution in [3.05, 3.63) is 23.8 Å². The highest BCUT2D eigenvalue weighted by Crippen LogP contribution is 2.20. The highest BCUT2D eigenvalue weighted by atomic mass is 32.2. The van der Waals surface area contributed by atoms with E-state index in [9.17, 15) is 18.0 Å². The van der Waals surface area contributed by atoms with E-state index in [1.165, 1.54) is 12.1 Å².